The first-order valence-corrected chi connectivity index (χ1v) is 8.56. The summed E-state index contributed by atoms with van der Waals surface area (Å²) >= 11 is 0. The maximum atomic E-state index is 12.4. The van der Waals surface area contributed by atoms with Crippen molar-refractivity contribution in [3.8, 4) is 11.5 Å². The molecule has 1 amide bonds. The molecule has 0 aliphatic carbocycles. The second-order valence-corrected chi connectivity index (χ2v) is 6.46. The fraction of sp³-hybridized carbons (Fsp3) is 0.474. The molecular formula is C19H25N3O3. The number of ether oxygens (including phenoxy) is 2. The van der Waals surface area contributed by atoms with Gasteiger partial charge in [0.1, 0.15) is 6.10 Å². The van der Waals surface area contributed by atoms with E-state index in [1.165, 1.54) is 5.56 Å². The summed E-state index contributed by atoms with van der Waals surface area (Å²) in [6, 6.07) is 7.58. The van der Waals surface area contributed by atoms with E-state index in [4.69, 9.17) is 9.47 Å². The molecule has 1 saturated heterocycles. The quantitative estimate of drug-likeness (QED) is 0.807. The second-order valence-electron chi connectivity index (χ2n) is 6.46. The van der Waals surface area contributed by atoms with E-state index in [1.54, 1.807) is 7.11 Å². The number of methoxy groups -OCH3 is 1. The Balaban J connectivity index is 1.48. The first-order valence-electron chi connectivity index (χ1n) is 8.56. The van der Waals surface area contributed by atoms with Gasteiger partial charge in [-0.25, -0.2) is 0 Å². The minimum Gasteiger partial charge on any atom is -0.493 e. The van der Waals surface area contributed by atoms with Crippen LogP contribution in [0.2, 0.25) is 0 Å². The highest BCUT2D eigenvalue weighted by Crippen LogP contribution is 2.29. The van der Waals surface area contributed by atoms with E-state index in [-0.39, 0.29) is 12.0 Å². The molecule has 2 aromatic rings. The number of rotatable bonds is 6. The van der Waals surface area contributed by atoms with Gasteiger partial charge in [0.2, 0.25) is 5.91 Å². The molecule has 0 unspecified atom stereocenters. The minimum atomic E-state index is 0.0297. The van der Waals surface area contributed by atoms with Gasteiger partial charge in [-0.05, 0) is 38.0 Å². The Morgan fingerprint density at radius 3 is 2.52 bits per heavy atom. The molecule has 0 saturated carbocycles. The zero-order chi connectivity index (χ0) is 18.0. The standard InChI is InChI=1S/C19H25N3O3/c1-13-16(14(2)21(3)20-13)9-10-19(23)22-11-15(12-22)25-18-8-6-5-7-17(18)24-4/h5-8,15H,9-12H2,1-4H3. The van der Waals surface area contributed by atoms with Gasteiger partial charge in [-0.15, -0.1) is 0 Å². The fourth-order valence-corrected chi connectivity index (χ4v) is 3.18. The number of benzene rings is 1. The Hall–Kier alpha value is -2.50. The van der Waals surface area contributed by atoms with Crippen molar-refractivity contribution < 1.29 is 14.3 Å². The third-order valence-electron chi connectivity index (χ3n) is 4.81. The lowest BCUT2D eigenvalue weighted by atomic mass is 10.1. The number of amides is 1. The van der Waals surface area contributed by atoms with Gasteiger partial charge in [0.05, 0.1) is 25.9 Å². The summed E-state index contributed by atoms with van der Waals surface area (Å²) in [4.78, 5) is 14.2. The first kappa shape index (κ1) is 17.3. The zero-order valence-electron chi connectivity index (χ0n) is 15.3. The summed E-state index contributed by atoms with van der Waals surface area (Å²) in [5.74, 6) is 1.61. The first-order chi connectivity index (χ1) is 12.0. The number of carbonyl (C=O) groups is 1. The lowest BCUT2D eigenvalue weighted by Crippen LogP contribution is -2.56. The predicted octanol–water partition coefficient (Wildman–Crippen LogP) is 2.27. The lowest BCUT2D eigenvalue weighted by molar-refractivity contribution is -0.139. The highest BCUT2D eigenvalue weighted by molar-refractivity contribution is 5.77. The number of nitrogens with zero attached hydrogens (tertiary/aromatic N) is 3. The third kappa shape index (κ3) is 3.62. The molecule has 25 heavy (non-hydrogen) atoms. The van der Waals surface area contributed by atoms with E-state index in [2.05, 4.69) is 5.10 Å². The van der Waals surface area contributed by atoms with Crippen molar-refractivity contribution in [2.45, 2.75) is 32.8 Å². The van der Waals surface area contributed by atoms with Gasteiger partial charge >= 0.3 is 0 Å². The zero-order valence-corrected chi connectivity index (χ0v) is 15.3. The van der Waals surface area contributed by atoms with E-state index >= 15 is 0 Å². The normalized spacial score (nSPS) is 14.3. The average Bonchev–Trinajstić information content (AvgIpc) is 2.81. The summed E-state index contributed by atoms with van der Waals surface area (Å²) in [5, 5.41) is 4.40. The summed E-state index contributed by atoms with van der Waals surface area (Å²) in [5.41, 5.74) is 3.32. The summed E-state index contributed by atoms with van der Waals surface area (Å²) < 4.78 is 13.1. The van der Waals surface area contributed by atoms with Gasteiger partial charge in [-0.2, -0.15) is 5.10 Å². The van der Waals surface area contributed by atoms with Crippen molar-refractivity contribution in [3.05, 3.63) is 41.2 Å². The molecule has 0 N–H and O–H groups in total. The van der Waals surface area contributed by atoms with E-state index < -0.39 is 0 Å². The maximum absolute atomic E-state index is 12.4. The van der Waals surface area contributed by atoms with E-state index in [9.17, 15) is 4.79 Å². The monoisotopic (exact) mass is 343 g/mol. The Morgan fingerprint density at radius 2 is 1.92 bits per heavy atom. The van der Waals surface area contributed by atoms with Gasteiger partial charge in [0, 0.05) is 19.2 Å². The highest BCUT2D eigenvalue weighted by atomic mass is 16.5. The fourth-order valence-electron chi connectivity index (χ4n) is 3.18. The molecule has 6 nitrogen and oxygen atoms in total. The molecule has 1 aromatic carbocycles. The topological polar surface area (TPSA) is 56.6 Å². The lowest BCUT2D eigenvalue weighted by Gasteiger charge is -2.39. The molecule has 0 atom stereocenters. The number of hydrogen-bond acceptors (Lipinski definition) is 4. The van der Waals surface area contributed by atoms with Crippen LogP contribution in [0.25, 0.3) is 0 Å². The van der Waals surface area contributed by atoms with Crippen LogP contribution in [-0.2, 0) is 18.3 Å². The average molecular weight is 343 g/mol. The Morgan fingerprint density at radius 1 is 1.24 bits per heavy atom. The molecule has 3 rings (SSSR count). The molecule has 2 heterocycles. The minimum absolute atomic E-state index is 0.0297. The van der Waals surface area contributed by atoms with E-state index in [0.29, 0.717) is 19.5 Å². The Labute approximate surface area is 148 Å². The van der Waals surface area contributed by atoms with Gasteiger partial charge in [0.15, 0.2) is 11.5 Å². The third-order valence-corrected chi connectivity index (χ3v) is 4.81. The molecule has 6 heteroatoms. The van der Waals surface area contributed by atoms with Crippen molar-refractivity contribution in [1.82, 2.24) is 14.7 Å². The van der Waals surface area contributed by atoms with E-state index in [0.717, 1.165) is 29.3 Å². The number of carbonyl (C=O) groups excluding carboxylic acids is 1. The highest BCUT2D eigenvalue weighted by Gasteiger charge is 2.32. The van der Waals surface area contributed by atoms with Crippen LogP contribution in [0.5, 0.6) is 11.5 Å². The molecule has 1 aliphatic rings. The van der Waals surface area contributed by atoms with Crippen molar-refractivity contribution in [2.24, 2.45) is 7.05 Å². The van der Waals surface area contributed by atoms with Crippen LogP contribution in [0, 0.1) is 13.8 Å². The van der Waals surface area contributed by atoms with Gasteiger partial charge in [-0.1, -0.05) is 12.1 Å². The number of aryl methyl sites for hydroxylation is 2. The second kappa shape index (κ2) is 7.17. The molecule has 1 aromatic heterocycles. The molecule has 0 bridgehead atoms. The Kier molecular flexibility index (Phi) is 4.97. The van der Waals surface area contributed by atoms with Crippen molar-refractivity contribution >= 4 is 5.91 Å². The van der Waals surface area contributed by atoms with Crippen LogP contribution >= 0.6 is 0 Å². The van der Waals surface area contributed by atoms with Crippen molar-refractivity contribution in [3.63, 3.8) is 0 Å². The number of hydrogen-bond donors (Lipinski definition) is 0. The van der Waals surface area contributed by atoms with Gasteiger partial charge in [-0.3, -0.25) is 9.48 Å². The molecule has 1 aliphatic heterocycles. The van der Waals surface area contributed by atoms with Crippen LogP contribution in [0.4, 0.5) is 0 Å². The predicted molar refractivity (Wildman–Crippen MR) is 95.0 cm³/mol. The van der Waals surface area contributed by atoms with Crippen LogP contribution in [-0.4, -0.2) is 46.9 Å². The molecule has 134 valence electrons. The number of likely N-dealkylation sites (tertiary alicyclic amines) is 1. The molecule has 0 spiro atoms. The van der Waals surface area contributed by atoms with Gasteiger partial charge in [0.25, 0.3) is 0 Å². The number of para-hydroxylation sites is 2. The smallest absolute Gasteiger partial charge is 0.223 e. The summed E-state index contributed by atoms with van der Waals surface area (Å²) in [6.07, 6.45) is 1.27. The summed E-state index contributed by atoms with van der Waals surface area (Å²) in [7, 11) is 3.56. The van der Waals surface area contributed by atoms with Crippen LogP contribution in [0.3, 0.4) is 0 Å². The van der Waals surface area contributed by atoms with Crippen LogP contribution < -0.4 is 9.47 Å². The van der Waals surface area contributed by atoms with Crippen molar-refractivity contribution in [1.29, 1.82) is 0 Å². The number of aromatic nitrogens is 2. The van der Waals surface area contributed by atoms with Crippen LogP contribution in [0.15, 0.2) is 24.3 Å². The summed E-state index contributed by atoms with van der Waals surface area (Å²) in [6.45, 7) is 5.29. The maximum Gasteiger partial charge on any atom is 0.223 e. The molecule has 1 fully saturated rings. The van der Waals surface area contributed by atoms with Crippen LogP contribution in [0.1, 0.15) is 23.4 Å². The largest absolute Gasteiger partial charge is 0.493 e. The SMILES string of the molecule is COc1ccccc1OC1CN(C(=O)CCc2c(C)nn(C)c2C)C1. The Bertz CT molecular complexity index is 763. The van der Waals surface area contributed by atoms with E-state index in [1.807, 2.05) is 54.7 Å². The van der Waals surface area contributed by atoms with Crippen molar-refractivity contribution in [2.75, 3.05) is 20.2 Å². The van der Waals surface area contributed by atoms with Gasteiger partial charge < -0.3 is 14.4 Å². The molecule has 0 radical (unpaired) electrons. The molecular weight excluding hydrogens is 318 g/mol.